The third kappa shape index (κ3) is 19.5. The molecule has 6 heterocycles. The third-order valence-corrected chi connectivity index (χ3v) is 10.9. The van der Waals surface area contributed by atoms with Crippen LogP contribution in [0.15, 0.2) is 78.9 Å². The van der Waals surface area contributed by atoms with Crippen molar-refractivity contribution in [3.05, 3.63) is 145 Å². The van der Waals surface area contributed by atoms with Crippen molar-refractivity contribution in [1.29, 1.82) is 0 Å². The number of hydrogen-bond acceptors (Lipinski definition) is 11. The van der Waals surface area contributed by atoms with Gasteiger partial charge in [-0.2, -0.15) is 0 Å². The second kappa shape index (κ2) is 30.8. The van der Waals surface area contributed by atoms with Gasteiger partial charge in [-0.1, -0.05) is 78.7 Å². The predicted molar refractivity (Wildman–Crippen MR) is 298 cm³/mol. The first-order chi connectivity index (χ1) is 36.2. The Morgan fingerprint density at radius 1 is 0.338 bits per heavy atom. The van der Waals surface area contributed by atoms with Crippen molar-refractivity contribution in [2.24, 2.45) is 0 Å². The Balaban J connectivity index is 1.34. The standard InChI is InChI=1S/C62H59IN6O5/c1-7-13-31-70-57-36-46(12-6)64-48(37-57)23-24-50-39-59(72-33-15-9-3)41-52(66-50)27-28-54-43-61(74-35-17-11-5)45-56(68-54)30-29-55-44-60(73-34-16-10-4)42-53(67-55)26-25-51-40-58(71-32-14-8-2)38-49(65-51)22-21-47-19-18-20-62(63)69-47/h6,18-20,36-45H,7-11,13-17,31-35H2,1-5H3. The summed E-state index contributed by atoms with van der Waals surface area (Å²) in [7, 11) is 0. The highest BCUT2D eigenvalue weighted by Crippen LogP contribution is 2.20. The average molecular weight is 1100 g/mol. The molecule has 0 aromatic carbocycles. The van der Waals surface area contributed by atoms with Gasteiger partial charge in [-0.05, 0) is 126 Å². The van der Waals surface area contributed by atoms with Gasteiger partial charge >= 0.3 is 0 Å². The summed E-state index contributed by atoms with van der Waals surface area (Å²) in [5.74, 6) is 37.2. The molecule has 11 nitrogen and oxygen atoms in total. The van der Waals surface area contributed by atoms with Crippen molar-refractivity contribution in [2.75, 3.05) is 33.0 Å². The van der Waals surface area contributed by atoms with Gasteiger partial charge in [0.1, 0.15) is 95.1 Å². The number of hydrogen-bond donors (Lipinski definition) is 0. The molecule has 0 unspecified atom stereocenters. The Bertz CT molecular complexity index is 3240. The Morgan fingerprint density at radius 3 is 0.797 bits per heavy atom. The minimum absolute atomic E-state index is 0.434. The maximum Gasteiger partial charge on any atom is 0.124 e. The topological polar surface area (TPSA) is 123 Å². The number of rotatable bonds is 20. The van der Waals surface area contributed by atoms with Crippen LogP contribution in [0.5, 0.6) is 28.7 Å². The number of terminal acetylenes is 1. The first-order valence-corrected chi connectivity index (χ1v) is 26.3. The zero-order valence-electron chi connectivity index (χ0n) is 42.8. The van der Waals surface area contributed by atoms with E-state index in [0.717, 1.165) is 67.9 Å². The number of ether oxygens (including phenoxy) is 5. The van der Waals surface area contributed by atoms with Crippen molar-refractivity contribution in [2.45, 2.75) is 98.8 Å². The lowest BCUT2D eigenvalue weighted by Crippen LogP contribution is -2.00. The predicted octanol–water partition coefficient (Wildman–Crippen LogP) is 11.5. The van der Waals surface area contributed by atoms with Crippen LogP contribution in [-0.4, -0.2) is 62.9 Å². The van der Waals surface area contributed by atoms with E-state index in [9.17, 15) is 0 Å². The molecule has 0 aliphatic heterocycles. The molecule has 0 fully saturated rings. The van der Waals surface area contributed by atoms with Gasteiger partial charge in [-0.3, -0.25) is 0 Å². The molecule has 0 saturated carbocycles. The molecule has 6 aromatic heterocycles. The summed E-state index contributed by atoms with van der Waals surface area (Å²) in [4.78, 5) is 28.1. The van der Waals surface area contributed by atoms with Crippen LogP contribution < -0.4 is 23.7 Å². The highest BCUT2D eigenvalue weighted by atomic mass is 127. The number of pyridine rings is 6. The Hall–Kier alpha value is -8.01. The van der Waals surface area contributed by atoms with Crippen molar-refractivity contribution in [3.8, 4) is 100 Å². The summed E-state index contributed by atoms with van der Waals surface area (Å²) in [6.45, 7) is 13.3. The van der Waals surface area contributed by atoms with Crippen LogP contribution >= 0.6 is 22.6 Å². The molecule has 0 atom stereocenters. The molecule has 0 amide bonds. The molecular weight excluding hydrogens is 1040 g/mol. The smallest absolute Gasteiger partial charge is 0.124 e. The maximum absolute atomic E-state index is 6.17. The summed E-state index contributed by atoms with van der Waals surface area (Å²) in [6.07, 6.45) is 15.1. The van der Waals surface area contributed by atoms with E-state index in [1.807, 2.05) is 30.3 Å². The summed E-state index contributed by atoms with van der Waals surface area (Å²) in [5.41, 5.74) is 5.18. The van der Waals surface area contributed by atoms with Gasteiger partial charge in [-0.25, -0.2) is 29.9 Å². The summed E-state index contributed by atoms with van der Waals surface area (Å²) < 4.78 is 31.3. The second-order valence-corrected chi connectivity index (χ2v) is 17.7. The van der Waals surface area contributed by atoms with Gasteiger partial charge < -0.3 is 23.7 Å². The van der Waals surface area contributed by atoms with Gasteiger partial charge in [0, 0.05) is 60.7 Å². The average Bonchev–Trinajstić information content (AvgIpc) is 3.40. The largest absolute Gasteiger partial charge is 0.493 e. The minimum Gasteiger partial charge on any atom is -0.493 e. The van der Waals surface area contributed by atoms with E-state index in [0.29, 0.717) is 124 Å². The monoisotopic (exact) mass is 1090 g/mol. The lowest BCUT2D eigenvalue weighted by Gasteiger charge is -2.07. The Morgan fingerprint density at radius 2 is 0.568 bits per heavy atom. The Kier molecular flexibility index (Phi) is 23.0. The molecule has 0 N–H and O–H groups in total. The number of nitrogens with zero attached hydrogens (tertiary/aromatic N) is 6. The highest BCUT2D eigenvalue weighted by molar-refractivity contribution is 14.1. The molecule has 374 valence electrons. The quantitative estimate of drug-likeness (QED) is 0.0314. The zero-order valence-corrected chi connectivity index (χ0v) is 44.9. The molecular formula is C62H59IN6O5. The lowest BCUT2D eigenvalue weighted by atomic mass is 10.2. The number of aromatic nitrogens is 6. The van der Waals surface area contributed by atoms with Crippen LogP contribution in [0.25, 0.3) is 0 Å². The molecule has 6 aromatic rings. The minimum atomic E-state index is 0.434. The van der Waals surface area contributed by atoms with E-state index in [-0.39, 0.29) is 0 Å². The summed E-state index contributed by atoms with van der Waals surface area (Å²) in [6, 6.07) is 23.6. The van der Waals surface area contributed by atoms with Crippen molar-refractivity contribution in [1.82, 2.24) is 29.9 Å². The maximum atomic E-state index is 6.17. The van der Waals surface area contributed by atoms with E-state index < -0.39 is 0 Å². The fourth-order valence-corrected chi connectivity index (χ4v) is 6.85. The molecule has 6 rings (SSSR count). The van der Waals surface area contributed by atoms with Crippen LogP contribution in [0.4, 0.5) is 0 Å². The molecule has 12 heteroatoms. The molecule has 0 radical (unpaired) electrons. The van der Waals surface area contributed by atoms with Crippen molar-refractivity contribution < 1.29 is 23.7 Å². The molecule has 0 aliphatic rings. The molecule has 0 saturated heterocycles. The van der Waals surface area contributed by atoms with Crippen LogP contribution in [-0.2, 0) is 0 Å². The van der Waals surface area contributed by atoms with Crippen molar-refractivity contribution >= 4 is 22.6 Å². The summed E-state index contributed by atoms with van der Waals surface area (Å²) in [5, 5.41) is 0. The van der Waals surface area contributed by atoms with E-state index in [4.69, 9.17) is 50.0 Å². The number of halogens is 1. The van der Waals surface area contributed by atoms with E-state index in [1.165, 1.54) is 0 Å². The van der Waals surface area contributed by atoms with Crippen LogP contribution in [0.1, 0.15) is 161 Å². The molecule has 0 spiro atoms. The first kappa shape index (κ1) is 55.3. The SMILES string of the molecule is C#Cc1cc(OCCCC)cc(C#Cc2cc(OCCCC)cc(C#Cc3cc(OCCCC)cc(C#Cc4cc(OCCCC)cc(C#Cc5cc(OCCCC)cc(C#Cc6cccc(I)n6)n5)n4)n3)n2)n1. The van der Waals surface area contributed by atoms with Crippen LogP contribution in [0.2, 0.25) is 0 Å². The van der Waals surface area contributed by atoms with Gasteiger partial charge in [0.05, 0.1) is 33.0 Å². The molecule has 74 heavy (non-hydrogen) atoms. The highest BCUT2D eigenvalue weighted by Gasteiger charge is 2.08. The number of unbranched alkanes of at least 4 members (excludes halogenated alkanes) is 5. The first-order valence-electron chi connectivity index (χ1n) is 25.2. The second-order valence-electron chi connectivity index (χ2n) is 16.6. The summed E-state index contributed by atoms with van der Waals surface area (Å²) >= 11 is 2.17. The molecule has 0 bridgehead atoms. The van der Waals surface area contributed by atoms with Gasteiger partial charge in [-0.15, -0.1) is 6.42 Å². The zero-order chi connectivity index (χ0) is 52.2. The van der Waals surface area contributed by atoms with E-state index in [2.05, 4.69) is 132 Å². The molecule has 0 aliphatic carbocycles. The van der Waals surface area contributed by atoms with E-state index in [1.54, 1.807) is 48.5 Å². The lowest BCUT2D eigenvalue weighted by molar-refractivity contribution is 0.308. The fraction of sp³-hybridized carbons (Fsp3) is 0.323. The van der Waals surface area contributed by atoms with Crippen LogP contribution in [0.3, 0.4) is 0 Å². The van der Waals surface area contributed by atoms with Gasteiger partial charge in [0.25, 0.3) is 0 Å². The fourth-order valence-electron chi connectivity index (χ4n) is 6.38. The van der Waals surface area contributed by atoms with Gasteiger partial charge in [0.15, 0.2) is 0 Å². The van der Waals surface area contributed by atoms with E-state index >= 15 is 0 Å². The van der Waals surface area contributed by atoms with Crippen LogP contribution in [0, 0.1) is 75.2 Å². The Labute approximate surface area is 451 Å². The normalized spacial score (nSPS) is 10.0. The third-order valence-electron chi connectivity index (χ3n) is 10.3. The van der Waals surface area contributed by atoms with Gasteiger partial charge in [0.2, 0.25) is 0 Å². The van der Waals surface area contributed by atoms with Crippen molar-refractivity contribution in [3.63, 3.8) is 0 Å².